The number of benzene rings is 3. The highest BCUT2D eigenvalue weighted by Crippen LogP contribution is 2.36. The molecule has 0 amide bonds. The van der Waals surface area contributed by atoms with Gasteiger partial charge in [-0.1, -0.05) is 55.5 Å². The van der Waals surface area contributed by atoms with E-state index >= 15 is 0 Å². The Morgan fingerprint density at radius 2 is 1.52 bits per heavy atom. The number of aryl methyl sites for hydroxylation is 1. The third-order valence-electron chi connectivity index (χ3n) is 6.41. The number of aliphatic hydroxyl groups is 1. The molecule has 0 radical (unpaired) electrons. The molecule has 1 atom stereocenters. The molecular formula is C31H27F3N6O2. The van der Waals surface area contributed by atoms with E-state index in [9.17, 15) is 18.3 Å². The Hall–Kier alpha value is -5.16. The Labute approximate surface area is 240 Å². The fourth-order valence-corrected chi connectivity index (χ4v) is 4.25. The monoisotopic (exact) mass is 572 g/mol. The van der Waals surface area contributed by atoms with Crippen LogP contribution in [0.3, 0.4) is 0 Å². The van der Waals surface area contributed by atoms with Crippen LogP contribution < -0.4 is 21.1 Å². The molecule has 2 heterocycles. The molecule has 5 N–H and O–H groups in total. The van der Waals surface area contributed by atoms with E-state index < -0.39 is 18.1 Å². The summed E-state index contributed by atoms with van der Waals surface area (Å²) < 4.78 is 45.9. The van der Waals surface area contributed by atoms with Crippen LogP contribution in [0.5, 0.6) is 11.8 Å². The van der Waals surface area contributed by atoms with Crippen LogP contribution in [0.2, 0.25) is 0 Å². The Morgan fingerprint density at radius 3 is 2.19 bits per heavy atom. The molecule has 0 aliphatic rings. The van der Waals surface area contributed by atoms with Crippen LogP contribution in [-0.4, -0.2) is 26.4 Å². The summed E-state index contributed by atoms with van der Waals surface area (Å²) in [5, 5.41) is 16.0. The van der Waals surface area contributed by atoms with Crippen LogP contribution in [0.4, 0.5) is 30.4 Å². The predicted octanol–water partition coefficient (Wildman–Crippen LogP) is 6.96. The number of ether oxygens (including phenoxy) is 1. The Balaban J connectivity index is 1.25. The zero-order valence-corrected chi connectivity index (χ0v) is 22.4. The lowest BCUT2D eigenvalue weighted by atomic mass is 10.0. The number of nitrogens with one attached hydrogen (secondary N) is 2. The molecule has 214 valence electrons. The Kier molecular flexibility index (Phi) is 8.21. The van der Waals surface area contributed by atoms with Gasteiger partial charge in [-0.3, -0.25) is 0 Å². The zero-order chi connectivity index (χ0) is 29.7. The topological polar surface area (TPSA) is 118 Å². The average molecular weight is 573 g/mol. The normalized spacial score (nSPS) is 12.0. The molecule has 0 aliphatic heterocycles. The first-order chi connectivity index (χ1) is 20.2. The van der Waals surface area contributed by atoms with Gasteiger partial charge in [-0.05, 0) is 53.4 Å². The van der Waals surface area contributed by atoms with Gasteiger partial charge in [-0.15, -0.1) is 0 Å². The summed E-state index contributed by atoms with van der Waals surface area (Å²) in [7, 11) is 0. The highest BCUT2D eigenvalue weighted by molar-refractivity contribution is 5.79. The van der Waals surface area contributed by atoms with Crippen molar-refractivity contribution in [3.63, 3.8) is 0 Å². The van der Waals surface area contributed by atoms with Crippen molar-refractivity contribution in [1.82, 2.24) is 15.0 Å². The van der Waals surface area contributed by atoms with Crippen LogP contribution in [0.15, 0.2) is 97.5 Å². The van der Waals surface area contributed by atoms with E-state index in [0.29, 0.717) is 28.4 Å². The van der Waals surface area contributed by atoms with E-state index in [1.165, 1.54) is 18.5 Å². The predicted molar refractivity (Wildman–Crippen MR) is 156 cm³/mol. The summed E-state index contributed by atoms with van der Waals surface area (Å²) in [4.78, 5) is 12.6. The number of nitrogen functional groups attached to an aromatic ring is 1. The van der Waals surface area contributed by atoms with Crippen molar-refractivity contribution in [3.05, 3.63) is 109 Å². The highest BCUT2D eigenvalue weighted by atomic mass is 19.4. The van der Waals surface area contributed by atoms with Gasteiger partial charge in [-0.25, -0.2) is 15.0 Å². The smallest absolute Gasteiger partial charge is 0.416 e. The molecule has 3 aromatic carbocycles. The molecule has 1 unspecified atom stereocenters. The summed E-state index contributed by atoms with van der Waals surface area (Å²) in [6, 6.07) is 21.5. The van der Waals surface area contributed by atoms with E-state index in [4.69, 9.17) is 10.5 Å². The number of aliphatic hydroxyl groups excluding tert-OH is 1. The number of anilines is 3. The largest absolute Gasteiger partial charge is 0.424 e. The van der Waals surface area contributed by atoms with Crippen molar-refractivity contribution in [2.75, 3.05) is 16.4 Å². The summed E-state index contributed by atoms with van der Waals surface area (Å²) >= 11 is 0. The van der Waals surface area contributed by atoms with E-state index in [2.05, 4.69) is 25.6 Å². The van der Waals surface area contributed by atoms with Gasteiger partial charge in [-0.2, -0.15) is 13.2 Å². The first-order valence-corrected chi connectivity index (χ1v) is 13.0. The lowest BCUT2D eigenvalue weighted by Gasteiger charge is -2.20. The zero-order valence-electron chi connectivity index (χ0n) is 22.4. The fraction of sp³-hybridized carbons (Fsp3) is 0.129. The van der Waals surface area contributed by atoms with Gasteiger partial charge in [0.2, 0.25) is 6.35 Å². The minimum Gasteiger partial charge on any atom is -0.424 e. The molecule has 5 rings (SSSR count). The quantitative estimate of drug-likeness (QED) is 0.140. The summed E-state index contributed by atoms with van der Waals surface area (Å²) in [6.07, 6.45) is -0.626. The third-order valence-corrected chi connectivity index (χ3v) is 6.41. The maximum atomic E-state index is 13.4. The van der Waals surface area contributed by atoms with Crippen molar-refractivity contribution in [3.8, 4) is 34.0 Å². The third kappa shape index (κ3) is 6.76. The number of aromatic nitrogens is 3. The maximum absolute atomic E-state index is 13.4. The van der Waals surface area contributed by atoms with Crippen molar-refractivity contribution in [1.29, 1.82) is 0 Å². The summed E-state index contributed by atoms with van der Waals surface area (Å²) in [5.74, 6) is 0.936. The molecule has 5 aromatic rings. The Morgan fingerprint density at radius 1 is 0.833 bits per heavy atom. The van der Waals surface area contributed by atoms with Gasteiger partial charge in [0, 0.05) is 23.0 Å². The molecule has 2 aromatic heterocycles. The molecule has 0 bridgehead atoms. The maximum Gasteiger partial charge on any atom is 0.416 e. The summed E-state index contributed by atoms with van der Waals surface area (Å²) in [5.41, 5.74) is 9.60. The number of pyridine rings is 1. The number of halogens is 3. The second kappa shape index (κ2) is 12.1. The minimum atomic E-state index is -4.54. The van der Waals surface area contributed by atoms with Crippen LogP contribution in [0.25, 0.3) is 22.3 Å². The van der Waals surface area contributed by atoms with Gasteiger partial charge in [0.05, 0.1) is 23.6 Å². The van der Waals surface area contributed by atoms with E-state index in [1.807, 2.05) is 25.1 Å². The molecule has 0 spiro atoms. The van der Waals surface area contributed by atoms with E-state index in [0.717, 1.165) is 35.2 Å². The number of rotatable bonds is 9. The van der Waals surface area contributed by atoms with Crippen LogP contribution in [0.1, 0.15) is 18.1 Å². The SMILES string of the molecule is CCc1cnc(N)c(-c2ccc(Oc3ncc(NC(O)Nc4cc(C(F)(F)F)ccc4-c4ccccc4)cn3)cc2)c1. The average Bonchev–Trinajstić information content (AvgIpc) is 2.99. The van der Waals surface area contributed by atoms with Crippen molar-refractivity contribution < 1.29 is 23.0 Å². The van der Waals surface area contributed by atoms with Crippen LogP contribution in [-0.2, 0) is 12.6 Å². The van der Waals surface area contributed by atoms with Gasteiger partial charge < -0.3 is 26.2 Å². The standard InChI is InChI=1S/C31H27F3N6O2/c1-2-19-14-26(28(35)36-16-19)21-8-11-24(12-9-21)42-30-37-17-23(18-38-30)39-29(41)40-27-15-22(31(32,33)34)10-13-25(27)20-6-4-3-5-7-20/h3-18,29,39-41H,2H2,1H3,(H2,35,36). The minimum absolute atomic E-state index is 0.0640. The summed E-state index contributed by atoms with van der Waals surface area (Å²) in [6.45, 7) is 2.05. The number of nitrogens with zero attached hydrogens (tertiary/aromatic N) is 3. The second-order valence-electron chi connectivity index (χ2n) is 9.33. The molecule has 0 saturated carbocycles. The molecule has 8 nitrogen and oxygen atoms in total. The molecular weight excluding hydrogens is 545 g/mol. The first-order valence-electron chi connectivity index (χ1n) is 13.0. The molecule has 0 aliphatic carbocycles. The van der Waals surface area contributed by atoms with Crippen LogP contribution in [0, 0.1) is 0 Å². The fourth-order valence-electron chi connectivity index (χ4n) is 4.25. The van der Waals surface area contributed by atoms with E-state index in [1.54, 1.807) is 48.7 Å². The Bertz CT molecular complexity index is 1650. The number of nitrogens with two attached hydrogens (primary N) is 1. The van der Waals surface area contributed by atoms with Crippen molar-refractivity contribution in [2.24, 2.45) is 0 Å². The lowest BCUT2D eigenvalue weighted by molar-refractivity contribution is -0.137. The highest BCUT2D eigenvalue weighted by Gasteiger charge is 2.31. The molecule has 42 heavy (non-hydrogen) atoms. The van der Waals surface area contributed by atoms with Gasteiger partial charge in [0.15, 0.2) is 0 Å². The van der Waals surface area contributed by atoms with Gasteiger partial charge in [0.1, 0.15) is 11.6 Å². The van der Waals surface area contributed by atoms with Gasteiger partial charge in [0.25, 0.3) is 0 Å². The van der Waals surface area contributed by atoms with Crippen molar-refractivity contribution >= 4 is 17.2 Å². The van der Waals surface area contributed by atoms with E-state index in [-0.39, 0.29) is 11.7 Å². The molecule has 0 saturated heterocycles. The number of hydrogen-bond donors (Lipinski definition) is 4. The van der Waals surface area contributed by atoms with Crippen molar-refractivity contribution in [2.45, 2.75) is 25.9 Å². The molecule has 11 heteroatoms. The van der Waals surface area contributed by atoms with Gasteiger partial charge >= 0.3 is 12.2 Å². The second-order valence-corrected chi connectivity index (χ2v) is 9.33. The van der Waals surface area contributed by atoms with Crippen LogP contribution >= 0.6 is 0 Å². The number of hydrogen-bond acceptors (Lipinski definition) is 8. The molecule has 0 fully saturated rings. The first kappa shape index (κ1) is 28.4. The lowest BCUT2D eigenvalue weighted by Crippen LogP contribution is -2.28. The number of alkyl halides is 3.